The molecule has 30 heavy (non-hydrogen) atoms. The van der Waals surface area contributed by atoms with Gasteiger partial charge in [0, 0.05) is 22.8 Å². The Labute approximate surface area is 188 Å². The second-order valence-corrected chi connectivity index (χ2v) is 8.75. The Morgan fingerprint density at radius 1 is 1.17 bits per heavy atom. The van der Waals surface area contributed by atoms with Gasteiger partial charge in [-0.25, -0.2) is 4.98 Å². The van der Waals surface area contributed by atoms with Crippen LogP contribution in [0.3, 0.4) is 0 Å². The average Bonchev–Trinajstić information content (AvgIpc) is 3.11. The van der Waals surface area contributed by atoms with Crippen LogP contribution in [0.5, 0.6) is 5.75 Å². The quantitative estimate of drug-likeness (QED) is 0.536. The zero-order valence-corrected chi connectivity index (χ0v) is 19.6. The number of methoxy groups -OCH3 is 1. The highest BCUT2D eigenvalue weighted by molar-refractivity contribution is 9.10. The highest BCUT2D eigenvalue weighted by Crippen LogP contribution is 2.30. The molecule has 2 amide bonds. The summed E-state index contributed by atoms with van der Waals surface area (Å²) in [6.45, 7) is 3.66. The number of nitrogens with zero attached hydrogens (tertiary/aromatic N) is 2. The Morgan fingerprint density at radius 3 is 2.50 bits per heavy atom. The van der Waals surface area contributed by atoms with Gasteiger partial charge in [0.05, 0.1) is 19.3 Å². The number of rotatable bonds is 6. The van der Waals surface area contributed by atoms with E-state index in [-0.39, 0.29) is 18.4 Å². The van der Waals surface area contributed by atoms with Crippen molar-refractivity contribution in [1.29, 1.82) is 0 Å². The number of carbonyl (C=O) groups is 2. The van der Waals surface area contributed by atoms with Crippen molar-refractivity contribution >= 4 is 44.8 Å². The smallest absolute Gasteiger partial charge is 0.266 e. The summed E-state index contributed by atoms with van der Waals surface area (Å²) in [7, 11) is 3.23. The second kappa shape index (κ2) is 9.40. The van der Waals surface area contributed by atoms with Crippen molar-refractivity contribution in [1.82, 2.24) is 9.88 Å². The molecule has 2 aromatic carbocycles. The van der Waals surface area contributed by atoms with Crippen LogP contribution in [0.2, 0.25) is 0 Å². The Bertz CT molecular complexity index is 1080. The average molecular weight is 488 g/mol. The van der Waals surface area contributed by atoms with Gasteiger partial charge in [0.2, 0.25) is 5.91 Å². The highest BCUT2D eigenvalue weighted by atomic mass is 79.9. The molecular formula is C22H22BrN3O3S. The van der Waals surface area contributed by atoms with Gasteiger partial charge in [0.25, 0.3) is 5.91 Å². The van der Waals surface area contributed by atoms with Crippen molar-refractivity contribution in [3.8, 4) is 16.3 Å². The number of halogens is 1. The van der Waals surface area contributed by atoms with Crippen molar-refractivity contribution in [2.24, 2.45) is 0 Å². The third-order valence-corrected chi connectivity index (χ3v) is 6.21. The Morgan fingerprint density at radius 2 is 1.87 bits per heavy atom. The first-order valence-electron chi connectivity index (χ1n) is 9.22. The number of aryl methyl sites for hydroxylation is 2. The van der Waals surface area contributed by atoms with E-state index in [0.717, 1.165) is 32.0 Å². The Kier molecular flexibility index (Phi) is 6.89. The Balaban J connectivity index is 1.69. The zero-order valence-electron chi connectivity index (χ0n) is 17.2. The van der Waals surface area contributed by atoms with E-state index in [1.54, 1.807) is 21.1 Å². The fourth-order valence-corrected chi connectivity index (χ4v) is 4.41. The van der Waals surface area contributed by atoms with Crippen LogP contribution in [0.4, 0.5) is 5.69 Å². The number of hydrogen-bond acceptors (Lipinski definition) is 5. The maximum atomic E-state index is 12.9. The molecule has 3 aromatic rings. The normalized spacial score (nSPS) is 10.6. The first-order chi connectivity index (χ1) is 14.3. The van der Waals surface area contributed by atoms with E-state index in [9.17, 15) is 9.59 Å². The van der Waals surface area contributed by atoms with Crippen molar-refractivity contribution in [3.05, 3.63) is 63.1 Å². The number of amides is 2. The van der Waals surface area contributed by atoms with Gasteiger partial charge in [-0.3, -0.25) is 9.59 Å². The molecule has 0 radical (unpaired) electrons. The van der Waals surface area contributed by atoms with Crippen LogP contribution in [-0.2, 0) is 4.79 Å². The minimum absolute atomic E-state index is 0.0520. The molecule has 0 saturated heterocycles. The van der Waals surface area contributed by atoms with E-state index in [4.69, 9.17) is 4.74 Å². The van der Waals surface area contributed by atoms with Crippen molar-refractivity contribution in [3.63, 3.8) is 0 Å². The lowest BCUT2D eigenvalue weighted by atomic mass is 10.2. The van der Waals surface area contributed by atoms with E-state index in [1.165, 1.54) is 16.2 Å². The SMILES string of the molecule is COc1ccc(-c2nc(C)c(C(=O)N(C)CC(=O)Nc3ccc(Br)cc3C)s2)cc1. The van der Waals surface area contributed by atoms with Crippen LogP contribution in [0.15, 0.2) is 46.9 Å². The fraction of sp³-hybridized carbons (Fsp3) is 0.227. The summed E-state index contributed by atoms with van der Waals surface area (Å²) in [5.74, 6) is 0.274. The molecule has 1 aromatic heterocycles. The van der Waals surface area contributed by atoms with Crippen molar-refractivity contribution in [2.75, 3.05) is 26.0 Å². The fourth-order valence-electron chi connectivity index (χ4n) is 2.87. The van der Waals surface area contributed by atoms with E-state index in [2.05, 4.69) is 26.2 Å². The summed E-state index contributed by atoms with van der Waals surface area (Å²) in [6.07, 6.45) is 0. The molecule has 0 bridgehead atoms. The second-order valence-electron chi connectivity index (χ2n) is 6.83. The summed E-state index contributed by atoms with van der Waals surface area (Å²) in [5, 5.41) is 3.61. The molecule has 0 fully saturated rings. The number of anilines is 1. The molecule has 6 nitrogen and oxygen atoms in total. The molecule has 0 aliphatic carbocycles. The molecule has 1 heterocycles. The number of thiazole rings is 1. The number of benzene rings is 2. The standard InChI is InChI=1S/C22H22BrN3O3S/c1-13-11-16(23)7-10-18(13)25-19(27)12-26(3)22(28)20-14(2)24-21(30-20)15-5-8-17(29-4)9-6-15/h5-11H,12H2,1-4H3,(H,25,27). The van der Waals surface area contributed by atoms with E-state index < -0.39 is 0 Å². The summed E-state index contributed by atoms with van der Waals surface area (Å²) < 4.78 is 6.12. The van der Waals surface area contributed by atoms with E-state index in [0.29, 0.717) is 10.6 Å². The van der Waals surface area contributed by atoms with Crippen molar-refractivity contribution in [2.45, 2.75) is 13.8 Å². The van der Waals surface area contributed by atoms with Crippen molar-refractivity contribution < 1.29 is 14.3 Å². The Hall–Kier alpha value is -2.71. The molecule has 8 heteroatoms. The molecular weight excluding hydrogens is 466 g/mol. The van der Waals surface area contributed by atoms with Gasteiger partial charge in [-0.1, -0.05) is 15.9 Å². The number of likely N-dealkylation sites (N-methyl/N-ethyl adjacent to an activating group) is 1. The third kappa shape index (κ3) is 5.06. The molecule has 0 aliphatic heterocycles. The van der Waals surface area contributed by atoms with Gasteiger partial charge in [0.15, 0.2) is 0 Å². The lowest BCUT2D eigenvalue weighted by Gasteiger charge is -2.17. The molecule has 1 N–H and O–H groups in total. The van der Waals surface area contributed by atoms with Gasteiger partial charge in [0.1, 0.15) is 15.6 Å². The van der Waals surface area contributed by atoms with Crippen LogP contribution in [-0.4, -0.2) is 42.4 Å². The number of nitrogens with one attached hydrogen (secondary N) is 1. The minimum atomic E-state index is -0.256. The predicted molar refractivity (Wildman–Crippen MR) is 123 cm³/mol. The zero-order chi connectivity index (χ0) is 21.8. The molecule has 3 rings (SSSR count). The summed E-state index contributed by atoms with van der Waals surface area (Å²) in [5.41, 5.74) is 3.22. The van der Waals surface area contributed by atoms with Crippen LogP contribution >= 0.6 is 27.3 Å². The lowest BCUT2D eigenvalue weighted by Crippen LogP contribution is -2.35. The third-order valence-electron chi connectivity index (χ3n) is 4.52. The maximum Gasteiger partial charge on any atom is 0.266 e. The van der Waals surface area contributed by atoms with Crippen LogP contribution in [0.25, 0.3) is 10.6 Å². The summed E-state index contributed by atoms with van der Waals surface area (Å²) >= 11 is 4.72. The number of ether oxygens (including phenoxy) is 1. The van der Waals surface area contributed by atoms with Crippen LogP contribution < -0.4 is 10.1 Å². The number of aromatic nitrogens is 1. The summed E-state index contributed by atoms with van der Waals surface area (Å²) in [4.78, 5) is 31.8. The van der Waals surface area contributed by atoms with Gasteiger partial charge in [-0.2, -0.15) is 0 Å². The number of carbonyl (C=O) groups excluding carboxylic acids is 2. The van der Waals surface area contributed by atoms with E-state index >= 15 is 0 Å². The number of hydrogen-bond donors (Lipinski definition) is 1. The molecule has 0 atom stereocenters. The first-order valence-corrected chi connectivity index (χ1v) is 10.8. The highest BCUT2D eigenvalue weighted by Gasteiger charge is 2.21. The monoisotopic (exact) mass is 487 g/mol. The largest absolute Gasteiger partial charge is 0.497 e. The van der Waals surface area contributed by atoms with Gasteiger partial charge in [-0.15, -0.1) is 11.3 Å². The van der Waals surface area contributed by atoms with Crippen LogP contribution in [0, 0.1) is 13.8 Å². The van der Waals surface area contributed by atoms with Gasteiger partial charge < -0.3 is 15.0 Å². The molecule has 0 aliphatic rings. The molecule has 156 valence electrons. The first kappa shape index (κ1) is 22.0. The lowest BCUT2D eigenvalue weighted by molar-refractivity contribution is -0.116. The van der Waals surface area contributed by atoms with Crippen LogP contribution in [0.1, 0.15) is 20.9 Å². The van der Waals surface area contributed by atoms with Gasteiger partial charge >= 0.3 is 0 Å². The maximum absolute atomic E-state index is 12.9. The predicted octanol–water partition coefficient (Wildman–Crippen LogP) is 4.91. The summed E-state index contributed by atoms with van der Waals surface area (Å²) in [6, 6.07) is 13.1. The topological polar surface area (TPSA) is 71.5 Å². The molecule has 0 saturated carbocycles. The molecule has 0 spiro atoms. The van der Waals surface area contributed by atoms with E-state index in [1.807, 2.05) is 49.4 Å². The van der Waals surface area contributed by atoms with Gasteiger partial charge in [-0.05, 0) is 61.9 Å². The minimum Gasteiger partial charge on any atom is -0.497 e. The molecule has 0 unspecified atom stereocenters.